The molecule has 1 aromatic heterocycles. The summed E-state index contributed by atoms with van der Waals surface area (Å²) in [6, 6.07) is 4.06. The van der Waals surface area contributed by atoms with Gasteiger partial charge in [-0.2, -0.15) is 0 Å². The first-order chi connectivity index (χ1) is 8.51. The fourth-order valence-electron chi connectivity index (χ4n) is 2.41. The SMILES string of the molecule is Cc1ccc(C(N)C(C)(C)N2CCOCC2)cn1. The molecule has 0 bridgehead atoms. The maximum atomic E-state index is 6.43. The largest absolute Gasteiger partial charge is 0.379 e. The molecule has 2 N–H and O–H groups in total. The Morgan fingerprint density at radius 3 is 2.56 bits per heavy atom. The number of hydrogen-bond acceptors (Lipinski definition) is 4. The van der Waals surface area contributed by atoms with E-state index < -0.39 is 0 Å². The van der Waals surface area contributed by atoms with Crippen LogP contribution >= 0.6 is 0 Å². The molecule has 100 valence electrons. The minimum absolute atomic E-state index is 0.0382. The lowest BCUT2D eigenvalue weighted by Crippen LogP contribution is -2.55. The summed E-state index contributed by atoms with van der Waals surface area (Å²) in [5, 5.41) is 0. The molecule has 4 nitrogen and oxygen atoms in total. The van der Waals surface area contributed by atoms with Crippen molar-refractivity contribution in [2.45, 2.75) is 32.4 Å². The van der Waals surface area contributed by atoms with Crippen molar-refractivity contribution >= 4 is 0 Å². The highest BCUT2D eigenvalue weighted by atomic mass is 16.5. The van der Waals surface area contributed by atoms with Crippen molar-refractivity contribution in [3.8, 4) is 0 Å². The smallest absolute Gasteiger partial charge is 0.0594 e. The highest BCUT2D eigenvalue weighted by molar-refractivity contribution is 5.20. The van der Waals surface area contributed by atoms with Gasteiger partial charge >= 0.3 is 0 Å². The molecule has 0 radical (unpaired) electrons. The lowest BCUT2D eigenvalue weighted by Gasteiger charge is -2.44. The molecule has 0 spiro atoms. The molecule has 2 heterocycles. The van der Waals surface area contributed by atoms with Crippen molar-refractivity contribution in [3.63, 3.8) is 0 Å². The van der Waals surface area contributed by atoms with Gasteiger partial charge in [-0.25, -0.2) is 0 Å². The van der Waals surface area contributed by atoms with Crippen molar-refractivity contribution in [1.82, 2.24) is 9.88 Å². The van der Waals surface area contributed by atoms with Gasteiger partial charge in [0.25, 0.3) is 0 Å². The van der Waals surface area contributed by atoms with E-state index in [1.54, 1.807) is 0 Å². The maximum Gasteiger partial charge on any atom is 0.0594 e. The third-order valence-corrected chi connectivity index (χ3v) is 3.88. The quantitative estimate of drug-likeness (QED) is 0.882. The van der Waals surface area contributed by atoms with E-state index in [1.807, 2.05) is 19.2 Å². The highest BCUT2D eigenvalue weighted by Gasteiger charge is 2.35. The summed E-state index contributed by atoms with van der Waals surface area (Å²) in [6.45, 7) is 9.86. The third kappa shape index (κ3) is 2.71. The van der Waals surface area contributed by atoms with Crippen LogP contribution in [0.4, 0.5) is 0 Å². The first-order valence-corrected chi connectivity index (χ1v) is 6.53. The van der Waals surface area contributed by atoms with E-state index in [1.165, 1.54) is 0 Å². The summed E-state index contributed by atoms with van der Waals surface area (Å²) >= 11 is 0. The van der Waals surface area contributed by atoms with Gasteiger partial charge in [0.15, 0.2) is 0 Å². The molecule has 1 fully saturated rings. The van der Waals surface area contributed by atoms with Crippen LogP contribution in [0.15, 0.2) is 18.3 Å². The van der Waals surface area contributed by atoms with Crippen LogP contribution in [0.1, 0.15) is 31.1 Å². The summed E-state index contributed by atoms with van der Waals surface area (Å²) in [5.74, 6) is 0. The molecule has 4 heteroatoms. The van der Waals surface area contributed by atoms with Gasteiger partial charge in [0.1, 0.15) is 0 Å². The lowest BCUT2D eigenvalue weighted by molar-refractivity contribution is -0.0191. The third-order valence-electron chi connectivity index (χ3n) is 3.88. The van der Waals surface area contributed by atoms with Crippen molar-refractivity contribution in [1.29, 1.82) is 0 Å². The topological polar surface area (TPSA) is 51.4 Å². The van der Waals surface area contributed by atoms with Crippen LogP contribution in [0.5, 0.6) is 0 Å². The predicted octanol–water partition coefficient (Wildman–Crippen LogP) is 1.50. The summed E-state index contributed by atoms with van der Waals surface area (Å²) in [7, 11) is 0. The van der Waals surface area contributed by atoms with E-state index in [0.29, 0.717) is 0 Å². The van der Waals surface area contributed by atoms with Crippen LogP contribution in [0, 0.1) is 6.92 Å². The van der Waals surface area contributed by atoms with Gasteiger partial charge in [-0.1, -0.05) is 6.07 Å². The zero-order valence-electron chi connectivity index (χ0n) is 11.5. The summed E-state index contributed by atoms with van der Waals surface area (Å²) in [5.41, 5.74) is 8.47. The van der Waals surface area contributed by atoms with Gasteiger partial charge in [-0.3, -0.25) is 9.88 Å². The van der Waals surface area contributed by atoms with E-state index in [4.69, 9.17) is 10.5 Å². The van der Waals surface area contributed by atoms with Crippen molar-refractivity contribution in [2.24, 2.45) is 5.73 Å². The number of nitrogens with zero attached hydrogens (tertiary/aromatic N) is 2. The number of morpholine rings is 1. The molecule has 0 saturated carbocycles. The standard InChI is InChI=1S/C14H23N3O/c1-11-4-5-12(10-16-11)13(15)14(2,3)17-6-8-18-9-7-17/h4-5,10,13H,6-9,15H2,1-3H3. The highest BCUT2D eigenvalue weighted by Crippen LogP contribution is 2.29. The van der Waals surface area contributed by atoms with Gasteiger partial charge in [0, 0.05) is 36.6 Å². The van der Waals surface area contributed by atoms with Crippen LogP contribution in [0.2, 0.25) is 0 Å². The van der Waals surface area contributed by atoms with E-state index >= 15 is 0 Å². The average molecular weight is 249 g/mol. The first-order valence-electron chi connectivity index (χ1n) is 6.53. The van der Waals surface area contributed by atoms with E-state index in [0.717, 1.165) is 37.6 Å². The summed E-state index contributed by atoms with van der Waals surface area (Å²) in [6.07, 6.45) is 1.89. The molecule has 0 amide bonds. The molecule has 1 aromatic rings. The second kappa shape index (κ2) is 5.34. The van der Waals surface area contributed by atoms with E-state index in [9.17, 15) is 0 Å². The van der Waals surface area contributed by atoms with Gasteiger partial charge in [0.2, 0.25) is 0 Å². The zero-order valence-corrected chi connectivity index (χ0v) is 11.5. The molecule has 1 aliphatic rings. The number of aryl methyl sites for hydroxylation is 1. The maximum absolute atomic E-state index is 6.43. The van der Waals surface area contributed by atoms with Gasteiger partial charge in [-0.05, 0) is 32.4 Å². The minimum Gasteiger partial charge on any atom is -0.379 e. The predicted molar refractivity (Wildman–Crippen MR) is 72.4 cm³/mol. The van der Waals surface area contributed by atoms with Crippen LogP contribution in [0.3, 0.4) is 0 Å². The van der Waals surface area contributed by atoms with Gasteiger partial charge in [0.05, 0.1) is 13.2 Å². The molecule has 0 aliphatic carbocycles. The number of hydrogen-bond donors (Lipinski definition) is 1. The first kappa shape index (κ1) is 13.5. The monoisotopic (exact) mass is 249 g/mol. The molecule has 1 aliphatic heterocycles. The van der Waals surface area contributed by atoms with E-state index in [-0.39, 0.29) is 11.6 Å². The summed E-state index contributed by atoms with van der Waals surface area (Å²) in [4.78, 5) is 6.74. The average Bonchev–Trinajstić information content (AvgIpc) is 2.40. The molecule has 1 saturated heterocycles. The van der Waals surface area contributed by atoms with Crippen molar-refractivity contribution in [2.75, 3.05) is 26.3 Å². The Hall–Kier alpha value is -0.970. The van der Waals surface area contributed by atoms with Crippen LogP contribution < -0.4 is 5.73 Å². The number of pyridine rings is 1. The molecular formula is C14H23N3O. The Kier molecular flexibility index (Phi) is 4.00. The number of ether oxygens (including phenoxy) is 1. The Balaban J connectivity index is 2.14. The molecule has 1 atom stereocenters. The molecule has 0 aromatic carbocycles. The molecule has 18 heavy (non-hydrogen) atoms. The normalized spacial score (nSPS) is 19.8. The van der Waals surface area contributed by atoms with Gasteiger partial charge < -0.3 is 10.5 Å². The fraction of sp³-hybridized carbons (Fsp3) is 0.643. The van der Waals surface area contributed by atoms with Crippen molar-refractivity contribution < 1.29 is 4.74 Å². The Bertz CT molecular complexity index is 383. The van der Waals surface area contributed by atoms with Gasteiger partial charge in [-0.15, -0.1) is 0 Å². The van der Waals surface area contributed by atoms with E-state index in [2.05, 4.69) is 29.8 Å². The fourth-order valence-corrected chi connectivity index (χ4v) is 2.41. The molecular weight excluding hydrogens is 226 g/mol. The van der Waals surface area contributed by atoms with Crippen LogP contribution in [0.25, 0.3) is 0 Å². The Labute approximate surface area is 109 Å². The number of rotatable bonds is 3. The van der Waals surface area contributed by atoms with Crippen LogP contribution in [-0.4, -0.2) is 41.7 Å². The Morgan fingerprint density at radius 2 is 2.00 bits per heavy atom. The number of nitrogens with two attached hydrogens (primary N) is 1. The van der Waals surface area contributed by atoms with Crippen molar-refractivity contribution in [3.05, 3.63) is 29.6 Å². The Morgan fingerprint density at radius 1 is 1.33 bits per heavy atom. The molecule has 2 rings (SSSR count). The van der Waals surface area contributed by atoms with Crippen LogP contribution in [-0.2, 0) is 4.74 Å². The minimum atomic E-state index is -0.0826. The summed E-state index contributed by atoms with van der Waals surface area (Å²) < 4.78 is 5.40. The second-order valence-corrected chi connectivity index (χ2v) is 5.46. The second-order valence-electron chi connectivity index (χ2n) is 5.46. The molecule has 1 unspecified atom stereocenters. The zero-order chi connectivity index (χ0) is 13.2. The lowest BCUT2D eigenvalue weighted by atomic mass is 9.88. The number of aromatic nitrogens is 1.